The van der Waals surface area contributed by atoms with E-state index >= 15 is 0 Å². The minimum atomic E-state index is -0.309. The van der Waals surface area contributed by atoms with Crippen molar-refractivity contribution in [1.29, 1.82) is 0 Å². The molecule has 0 radical (unpaired) electrons. The van der Waals surface area contributed by atoms with Crippen LogP contribution in [0.5, 0.6) is 0 Å². The summed E-state index contributed by atoms with van der Waals surface area (Å²) in [5.74, 6) is 0.214. The Kier molecular flexibility index (Phi) is 7.67. The van der Waals surface area contributed by atoms with E-state index in [1.807, 2.05) is 26.8 Å². The van der Waals surface area contributed by atoms with E-state index in [1.54, 1.807) is 6.07 Å². The van der Waals surface area contributed by atoms with E-state index < -0.39 is 0 Å². The van der Waals surface area contributed by atoms with Crippen LogP contribution in [0.1, 0.15) is 49.8 Å². The Bertz CT molecular complexity index is 927. The molecule has 1 amide bonds. The number of nitrogens with zero attached hydrogens (tertiary/aromatic N) is 1. The fourth-order valence-corrected chi connectivity index (χ4v) is 3.96. The van der Waals surface area contributed by atoms with E-state index in [-0.39, 0.29) is 23.6 Å². The molecule has 1 saturated heterocycles. The number of hydrogen-bond acceptors (Lipinski definition) is 5. The Hall–Kier alpha value is -2.18. The maximum atomic E-state index is 12.4. The summed E-state index contributed by atoms with van der Waals surface area (Å²) in [5, 5.41) is 4.04. The molecule has 0 saturated carbocycles. The molecule has 0 aliphatic carbocycles. The first-order valence-corrected chi connectivity index (χ1v) is 11.0. The highest BCUT2D eigenvalue weighted by molar-refractivity contribution is 5.82. The molecule has 1 aliphatic heterocycles. The van der Waals surface area contributed by atoms with Crippen molar-refractivity contribution in [3.63, 3.8) is 0 Å². The van der Waals surface area contributed by atoms with Gasteiger partial charge in [-0.1, -0.05) is 0 Å². The average molecular weight is 415 g/mol. The number of amides is 1. The van der Waals surface area contributed by atoms with E-state index in [4.69, 9.17) is 9.15 Å². The second-order valence-corrected chi connectivity index (χ2v) is 8.64. The highest BCUT2D eigenvalue weighted by Gasteiger charge is 2.25. The van der Waals surface area contributed by atoms with Crippen molar-refractivity contribution in [3.05, 3.63) is 45.3 Å². The summed E-state index contributed by atoms with van der Waals surface area (Å²) in [7, 11) is 0. The van der Waals surface area contributed by atoms with Crippen molar-refractivity contribution < 1.29 is 13.9 Å². The summed E-state index contributed by atoms with van der Waals surface area (Å²) >= 11 is 0. The van der Waals surface area contributed by atoms with Crippen LogP contribution in [0.2, 0.25) is 0 Å². The minimum absolute atomic E-state index is 0.0646. The number of carbonyl (C=O) groups is 1. The van der Waals surface area contributed by atoms with Gasteiger partial charge < -0.3 is 14.5 Å². The zero-order valence-electron chi connectivity index (χ0n) is 18.6. The number of aryl methyl sites for hydroxylation is 2. The molecular formula is C24H34N2O4. The largest absolute Gasteiger partial charge is 0.423 e. The molecule has 6 nitrogen and oxygen atoms in total. The normalized spacial score (nSPS) is 15.8. The third-order valence-corrected chi connectivity index (χ3v) is 5.87. The van der Waals surface area contributed by atoms with Crippen molar-refractivity contribution in [3.8, 4) is 0 Å². The van der Waals surface area contributed by atoms with Gasteiger partial charge in [0.2, 0.25) is 5.91 Å². The molecule has 0 bridgehead atoms. The van der Waals surface area contributed by atoms with Crippen LogP contribution >= 0.6 is 0 Å². The molecule has 3 rings (SSSR count). The first-order chi connectivity index (χ1) is 14.3. The molecule has 0 unspecified atom stereocenters. The van der Waals surface area contributed by atoms with Crippen LogP contribution in [0.15, 0.2) is 27.4 Å². The van der Waals surface area contributed by atoms with Gasteiger partial charge in [-0.25, -0.2) is 4.79 Å². The predicted molar refractivity (Wildman–Crippen MR) is 119 cm³/mol. The van der Waals surface area contributed by atoms with Gasteiger partial charge in [0, 0.05) is 37.1 Å². The van der Waals surface area contributed by atoms with Gasteiger partial charge in [0.25, 0.3) is 0 Å². The lowest BCUT2D eigenvalue weighted by Gasteiger charge is -2.31. The zero-order valence-corrected chi connectivity index (χ0v) is 18.6. The molecule has 6 heteroatoms. The van der Waals surface area contributed by atoms with Gasteiger partial charge in [-0.2, -0.15) is 0 Å². The summed E-state index contributed by atoms with van der Waals surface area (Å²) < 4.78 is 10.9. The van der Waals surface area contributed by atoms with Gasteiger partial charge in [0.15, 0.2) is 0 Å². The van der Waals surface area contributed by atoms with Gasteiger partial charge in [0.05, 0.1) is 6.10 Å². The highest BCUT2D eigenvalue weighted by atomic mass is 16.5. The first kappa shape index (κ1) is 22.5. The maximum absolute atomic E-state index is 12.4. The fraction of sp³-hybridized carbons (Fsp3) is 0.583. The number of carbonyl (C=O) groups excluding carboxylic acids is 1. The lowest BCUT2D eigenvalue weighted by Crippen LogP contribution is -2.40. The minimum Gasteiger partial charge on any atom is -0.423 e. The molecule has 1 aromatic heterocycles. The number of benzene rings is 1. The van der Waals surface area contributed by atoms with Crippen LogP contribution < -0.4 is 10.9 Å². The molecule has 164 valence electrons. The molecule has 0 spiro atoms. The van der Waals surface area contributed by atoms with Crippen molar-refractivity contribution in [1.82, 2.24) is 10.2 Å². The average Bonchev–Trinajstić information content (AvgIpc) is 2.69. The standard InChI is InChI=1S/C24H34N2O4/c1-16(2)29-11-5-8-25-24(28)19-6-9-26(10-7-19)15-20-14-23(27)30-22-13-18(4)17(3)12-21(20)22/h12-14,16,19H,5-11,15H2,1-4H3,(H,25,28). The predicted octanol–water partition coefficient (Wildman–Crippen LogP) is 3.55. The van der Waals surface area contributed by atoms with E-state index in [0.29, 0.717) is 25.3 Å². The second kappa shape index (κ2) is 10.2. The van der Waals surface area contributed by atoms with Gasteiger partial charge in [0.1, 0.15) is 5.58 Å². The maximum Gasteiger partial charge on any atom is 0.336 e. The first-order valence-electron chi connectivity index (χ1n) is 11.0. The lowest BCUT2D eigenvalue weighted by atomic mass is 9.95. The van der Waals surface area contributed by atoms with Crippen LogP contribution in [-0.4, -0.2) is 43.2 Å². The summed E-state index contributed by atoms with van der Waals surface area (Å²) in [5.41, 5.74) is 3.64. The van der Waals surface area contributed by atoms with Crippen LogP contribution in [0.4, 0.5) is 0 Å². The van der Waals surface area contributed by atoms with Crippen molar-refractivity contribution in [2.24, 2.45) is 5.92 Å². The van der Waals surface area contributed by atoms with E-state index in [2.05, 4.69) is 23.2 Å². The summed E-state index contributed by atoms with van der Waals surface area (Å²) in [6.07, 6.45) is 2.74. The Morgan fingerprint density at radius 3 is 2.60 bits per heavy atom. The van der Waals surface area contributed by atoms with E-state index in [9.17, 15) is 9.59 Å². The van der Waals surface area contributed by atoms with Crippen LogP contribution in [0, 0.1) is 19.8 Å². The monoisotopic (exact) mass is 414 g/mol. The Morgan fingerprint density at radius 2 is 1.90 bits per heavy atom. The highest BCUT2D eigenvalue weighted by Crippen LogP contribution is 2.25. The Labute approximate surface area is 178 Å². The van der Waals surface area contributed by atoms with Crippen molar-refractivity contribution in [2.75, 3.05) is 26.2 Å². The fourth-order valence-electron chi connectivity index (χ4n) is 3.96. The van der Waals surface area contributed by atoms with Crippen molar-refractivity contribution >= 4 is 16.9 Å². The van der Waals surface area contributed by atoms with Crippen LogP contribution in [0.3, 0.4) is 0 Å². The Morgan fingerprint density at radius 1 is 1.20 bits per heavy atom. The smallest absolute Gasteiger partial charge is 0.336 e. The van der Waals surface area contributed by atoms with Gasteiger partial charge in [-0.3, -0.25) is 9.69 Å². The summed E-state index contributed by atoms with van der Waals surface area (Å²) in [4.78, 5) is 26.8. The summed E-state index contributed by atoms with van der Waals surface area (Å²) in [6, 6.07) is 5.65. The second-order valence-electron chi connectivity index (χ2n) is 8.64. The third-order valence-electron chi connectivity index (χ3n) is 5.87. The van der Waals surface area contributed by atoms with E-state index in [0.717, 1.165) is 48.9 Å². The molecule has 1 aromatic carbocycles. The molecule has 2 aromatic rings. The molecule has 1 N–H and O–H groups in total. The SMILES string of the molecule is Cc1cc2oc(=O)cc(CN3CCC(C(=O)NCCCOC(C)C)CC3)c2cc1C. The molecule has 1 fully saturated rings. The van der Waals surface area contributed by atoms with E-state index in [1.165, 1.54) is 5.56 Å². The lowest BCUT2D eigenvalue weighted by molar-refractivity contribution is -0.126. The number of ether oxygens (including phenoxy) is 1. The number of hydrogen-bond donors (Lipinski definition) is 1. The number of nitrogens with one attached hydrogen (secondary N) is 1. The number of likely N-dealkylation sites (tertiary alicyclic amines) is 1. The third kappa shape index (κ3) is 5.92. The Balaban J connectivity index is 1.53. The van der Waals surface area contributed by atoms with Crippen LogP contribution in [-0.2, 0) is 16.1 Å². The number of fused-ring (bicyclic) bond motifs is 1. The van der Waals surface area contributed by atoms with Gasteiger partial charge in [-0.05, 0) is 88.9 Å². The summed E-state index contributed by atoms with van der Waals surface area (Å²) in [6.45, 7) is 11.9. The molecule has 2 heterocycles. The van der Waals surface area contributed by atoms with Gasteiger partial charge >= 0.3 is 5.63 Å². The number of piperidine rings is 1. The zero-order chi connectivity index (χ0) is 21.7. The number of rotatable bonds is 8. The molecule has 1 aliphatic rings. The topological polar surface area (TPSA) is 71.8 Å². The quantitative estimate of drug-likeness (QED) is 0.528. The molecular weight excluding hydrogens is 380 g/mol. The molecule has 30 heavy (non-hydrogen) atoms. The van der Waals surface area contributed by atoms with Gasteiger partial charge in [-0.15, -0.1) is 0 Å². The molecule has 0 atom stereocenters. The van der Waals surface area contributed by atoms with Crippen LogP contribution in [0.25, 0.3) is 11.0 Å². The van der Waals surface area contributed by atoms with Crippen molar-refractivity contribution in [2.45, 2.75) is 59.6 Å².